The Bertz CT molecular complexity index is 115. The second-order valence-corrected chi connectivity index (χ2v) is 2.53. The third-order valence-electron chi connectivity index (χ3n) is 1.25. The Morgan fingerprint density at radius 1 is 0.938 bits per heavy atom. The molecule has 0 aliphatic heterocycles. The van der Waals surface area contributed by atoms with Crippen LogP contribution < -0.4 is 0 Å². The fraction of sp³-hybridized carbons (Fsp3) is 0.889. The highest BCUT2D eigenvalue weighted by molar-refractivity contribution is 5.62. The van der Waals surface area contributed by atoms with E-state index < -0.39 is 5.97 Å². The molecule has 0 aliphatic rings. The summed E-state index contributed by atoms with van der Waals surface area (Å²) >= 11 is 0. The van der Waals surface area contributed by atoms with Crippen molar-refractivity contribution in [3.63, 3.8) is 0 Å². The van der Waals surface area contributed by atoms with Crippen molar-refractivity contribution >= 4 is 5.97 Å². The topological polar surface area (TPSA) is 121 Å². The summed E-state index contributed by atoms with van der Waals surface area (Å²) in [6.45, 7) is 2.84. The molecule has 16 heavy (non-hydrogen) atoms. The van der Waals surface area contributed by atoms with Crippen LogP contribution in [-0.2, 0) is 4.79 Å². The van der Waals surface area contributed by atoms with Gasteiger partial charge in [0.2, 0.25) is 0 Å². The lowest BCUT2D eigenvalue weighted by Gasteiger charge is -2.17. The Morgan fingerprint density at radius 3 is 1.25 bits per heavy atom. The number of carboxylic acid groups (broad SMARTS) is 1. The van der Waals surface area contributed by atoms with Crippen molar-refractivity contribution in [2.45, 2.75) is 6.92 Å². The normalized spacial score (nSPS) is 8.69. The van der Waals surface area contributed by atoms with E-state index in [4.69, 9.17) is 30.3 Å². The SMILES string of the molecule is CC(=O)O.CO.OCCN(CCO)CCO. The summed E-state index contributed by atoms with van der Waals surface area (Å²) in [6, 6.07) is 0. The molecule has 0 spiro atoms. The van der Waals surface area contributed by atoms with Crippen LogP contribution >= 0.6 is 0 Å². The van der Waals surface area contributed by atoms with Gasteiger partial charge in [-0.3, -0.25) is 9.69 Å². The molecule has 0 saturated heterocycles. The Balaban J connectivity index is -0.000000237. The van der Waals surface area contributed by atoms with Crippen LogP contribution in [-0.4, -0.2) is 83.0 Å². The van der Waals surface area contributed by atoms with E-state index in [2.05, 4.69) is 0 Å². The summed E-state index contributed by atoms with van der Waals surface area (Å²) < 4.78 is 0. The molecule has 7 nitrogen and oxygen atoms in total. The minimum Gasteiger partial charge on any atom is -0.481 e. The van der Waals surface area contributed by atoms with Gasteiger partial charge in [-0.05, 0) is 0 Å². The summed E-state index contributed by atoms with van der Waals surface area (Å²) in [5.74, 6) is -0.833. The highest BCUT2D eigenvalue weighted by Crippen LogP contribution is 1.84. The molecule has 0 bridgehead atoms. The quantitative estimate of drug-likeness (QED) is 0.363. The average Bonchev–Trinajstić information content (AvgIpc) is 2.21. The van der Waals surface area contributed by atoms with E-state index in [1.54, 1.807) is 4.90 Å². The van der Waals surface area contributed by atoms with Crippen LogP contribution in [0.25, 0.3) is 0 Å². The van der Waals surface area contributed by atoms with E-state index in [0.29, 0.717) is 19.6 Å². The smallest absolute Gasteiger partial charge is 0.300 e. The zero-order chi connectivity index (χ0) is 13.4. The number of carboxylic acids is 1. The Kier molecular flexibility index (Phi) is 25.5. The summed E-state index contributed by atoms with van der Waals surface area (Å²) in [7, 11) is 1.00. The van der Waals surface area contributed by atoms with E-state index >= 15 is 0 Å². The number of hydrogen-bond acceptors (Lipinski definition) is 6. The molecule has 0 saturated carbocycles. The number of hydrogen-bond donors (Lipinski definition) is 5. The van der Waals surface area contributed by atoms with Crippen molar-refractivity contribution in [3.8, 4) is 0 Å². The van der Waals surface area contributed by atoms with E-state index in [-0.39, 0.29) is 19.8 Å². The lowest BCUT2D eigenvalue weighted by Crippen LogP contribution is -2.32. The molecule has 0 atom stereocenters. The summed E-state index contributed by atoms with van der Waals surface area (Å²) in [5, 5.41) is 39.9. The van der Waals surface area contributed by atoms with Gasteiger partial charge < -0.3 is 25.5 Å². The first-order valence-corrected chi connectivity index (χ1v) is 4.77. The van der Waals surface area contributed by atoms with Crippen molar-refractivity contribution in [3.05, 3.63) is 0 Å². The first-order valence-electron chi connectivity index (χ1n) is 4.77. The zero-order valence-electron chi connectivity index (χ0n) is 9.83. The summed E-state index contributed by atoms with van der Waals surface area (Å²) in [6.07, 6.45) is 0. The lowest BCUT2D eigenvalue weighted by molar-refractivity contribution is -0.134. The van der Waals surface area contributed by atoms with E-state index in [9.17, 15) is 0 Å². The predicted molar refractivity (Wildman–Crippen MR) is 59.2 cm³/mol. The third kappa shape index (κ3) is 29.2. The summed E-state index contributed by atoms with van der Waals surface area (Å²) in [4.78, 5) is 10.8. The highest BCUT2D eigenvalue weighted by atomic mass is 16.4. The zero-order valence-corrected chi connectivity index (χ0v) is 9.83. The minimum atomic E-state index is -0.833. The van der Waals surface area contributed by atoms with Crippen molar-refractivity contribution in [2.75, 3.05) is 46.6 Å². The Hall–Kier alpha value is -0.730. The van der Waals surface area contributed by atoms with Crippen LogP contribution in [0.3, 0.4) is 0 Å². The van der Waals surface area contributed by atoms with Crippen LogP contribution in [0.1, 0.15) is 6.92 Å². The van der Waals surface area contributed by atoms with Gasteiger partial charge in [-0.1, -0.05) is 0 Å². The van der Waals surface area contributed by atoms with Gasteiger partial charge in [0.25, 0.3) is 5.97 Å². The fourth-order valence-corrected chi connectivity index (χ4v) is 0.760. The molecule has 0 radical (unpaired) electrons. The van der Waals surface area contributed by atoms with Crippen molar-refractivity contribution < 1.29 is 30.3 Å². The second kappa shape index (κ2) is 19.8. The molecule has 0 aromatic carbocycles. The van der Waals surface area contributed by atoms with E-state index in [0.717, 1.165) is 14.0 Å². The molecule has 0 aromatic rings. The number of rotatable bonds is 6. The molecule has 0 unspecified atom stereocenters. The lowest BCUT2D eigenvalue weighted by atomic mass is 10.4. The number of aliphatic hydroxyl groups excluding tert-OH is 4. The molecule has 0 aliphatic carbocycles. The average molecular weight is 241 g/mol. The molecule has 0 heterocycles. The molecule has 7 heteroatoms. The molecular weight excluding hydrogens is 218 g/mol. The Morgan fingerprint density at radius 2 is 1.12 bits per heavy atom. The molecule has 0 aromatic heterocycles. The molecular formula is C9H23NO6. The largest absolute Gasteiger partial charge is 0.481 e. The van der Waals surface area contributed by atoms with Gasteiger partial charge in [0, 0.05) is 33.7 Å². The van der Waals surface area contributed by atoms with Crippen LogP contribution in [0, 0.1) is 0 Å². The van der Waals surface area contributed by atoms with Gasteiger partial charge in [0.15, 0.2) is 0 Å². The second-order valence-electron chi connectivity index (χ2n) is 2.53. The number of aliphatic carboxylic acids is 1. The van der Waals surface area contributed by atoms with Crippen LogP contribution in [0.5, 0.6) is 0 Å². The minimum absolute atomic E-state index is 0.0694. The van der Waals surface area contributed by atoms with Gasteiger partial charge in [-0.25, -0.2) is 0 Å². The fourth-order valence-electron chi connectivity index (χ4n) is 0.760. The monoisotopic (exact) mass is 241 g/mol. The molecule has 0 fully saturated rings. The highest BCUT2D eigenvalue weighted by Gasteiger charge is 2.00. The van der Waals surface area contributed by atoms with Gasteiger partial charge in [0.05, 0.1) is 19.8 Å². The van der Waals surface area contributed by atoms with Crippen molar-refractivity contribution in [1.29, 1.82) is 0 Å². The maximum atomic E-state index is 9.00. The van der Waals surface area contributed by atoms with E-state index in [1.165, 1.54) is 0 Å². The number of nitrogens with zero attached hydrogens (tertiary/aromatic N) is 1. The standard InChI is InChI=1S/C6H15NO3.C2H4O2.CH4O/c8-4-1-7(2-5-9)3-6-10;1-2(3)4;1-2/h8-10H,1-6H2;1H3,(H,3,4);2H,1H3. The number of carbonyl (C=O) groups is 1. The van der Waals surface area contributed by atoms with Crippen molar-refractivity contribution in [1.82, 2.24) is 4.90 Å². The Labute approximate surface area is 95.6 Å². The maximum Gasteiger partial charge on any atom is 0.300 e. The first-order chi connectivity index (χ1) is 7.58. The maximum absolute atomic E-state index is 9.00. The molecule has 0 rings (SSSR count). The number of aliphatic hydroxyl groups is 4. The van der Waals surface area contributed by atoms with Gasteiger partial charge in [-0.2, -0.15) is 0 Å². The first kappa shape index (κ1) is 20.7. The summed E-state index contributed by atoms with van der Waals surface area (Å²) in [5.41, 5.74) is 0. The van der Waals surface area contributed by atoms with Gasteiger partial charge >= 0.3 is 0 Å². The van der Waals surface area contributed by atoms with Crippen LogP contribution in [0.15, 0.2) is 0 Å². The molecule has 100 valence electrons. The third-order valence-corrected chi connectivity index (χ3v) is 1.25. The van der Waals surface area contributed by atoms with Crippen LogP contribution in [0.2, 0.25) is 0 Å². The van der Waals surface area contributed by atoms with Crippen LogP contribution in [0.4, 0.5) is 0 Å². The van der Waals surface area contributed by atoms with Gasteiger partial charge in [-0.15, -0.1) is 0 Å². The van der Waals surface area contributed by atoms with E-state index in [1.807, 2.05) is 0 Å². The predicted octanol–water partition coefficient (Wildman–Crippen LogP) is -2.04. The van der Waals surface area contributed by atoms with Gasteiger partial charge in [0.1, 0.15) is 0 Å². The molecule has 5 N–H and O–H groups in total. The van der Waals surface area contributed by atoms with Crippen molar-refractivity contribution in [2.24, 2.45) is 0 Å². The molecule has 0 amide bonds.